The van der Waals surface area contributed by atoms with E-state index >= 15 is 0 Å². The Hall–Kier alpha value is -2.75. The van der Waals surface area contributed by atoms with Gasteiger partial charge in [0, 0.05) is 35.3 Å². The number of fused-ring (bicyclic) bond motifs is 1. The normalized spacial score (nSPS) is 11.4. The van der Waals surface area contributed by atoms with E-state index in [9.17, 15) is 9.18 Å². The lowest BCUT2D eigenvalue weighted by Crippen LogP contribution is -1.94. The third-order valence-electron chi connectivity index (χ3n) is 3.63. The zero-order chi connectivity index (χ0) is 15.7. The van der Waals surface area contributed by atoms with Crippen molar-refractivity contribution in [1.82, 2.24) is 4.98 Å². The molecule has 0 bridgehead atoms. The van der Waals surface area contributed by atoms with Crippen LogP contribution in [0, 0.1) is 5.82 Å². The summed E-state index contributed by atoms with van der Waals surface area (Å²) in [7, 11) is 1.68. The first kappa shape index (κ1) is 14.2. The van der Waals surface area contributed by atoms with Gasteiger partial charge >= 0.3 is 0 Å². The molecule has 0 aliphatic rings. The molecule has 1 aromatic heterocycles. The molecular formula is C18H15FN2O. The van der Waals surface area contributed by atoms with Crippen molar-refractivity contribution in [2.75, 3.05) is 7.05 Å². The van der Waals surface area contributed by atoms with E-state index in [0.717, 1.165) is 27.7 Å². The van der Waals surface area contributed by atoms with Gasteiger partial charge in [-0.2, -0.15) is 0 Å². The van der Waals surface area contributed by atoms with Crippen molar-refractivity contribution < 1.29 is 9.18 Å². The van der Waals surface area contributed by atoms with Gasteiger partial charge in [-0.1, -0.05) is 12.1 Å². The van der Waals surface area contributed by atoms with Crippen molar-refractivity contribution in [2.24, 2.45) is 4.99 Å². The van der Waals surface area contributed by atoms with Crippen LogP contribution in [0.5, 0.6) is 0 Å². The van der Waals surface area contributed by atoms with Gasteiger partial charge in [0.2, 0.25) is 0 Å². The molecule has 0 radical (unpaired) electrons. The zero-order valence-electron chi connectivity index (χ0n) is 12.4. The fourth-order valence-electron chi connectivity index (χ4n) is 2.67. The fraction of sp³-hybridized carbons (Fsp3) is 0.111. The zero-order valence-corrected chi connectivity index (χ0v) is 12.4. The molecule has 0 amide bonds. The fourth-order valence-corrected chi connectivity index (χ4v) is 2.67. The summed E-state index contributed by atoms with van der Waals surface area (Å²) in [5, 5.41) is 0.847. The van der Waals surface area contributed by atoms with E-state index in [1.165, 1.54) is 12.1 Å². The Bertz CT molecular complexity index is 876. The van der Waals surface area contributed by atoms with Crippen LogP contribution in [0.2, 0.25) is 0 Å². The molecule has 0 atom stereocenters. The number of hydrogen-bond acceptors (Lipinski definition) is 2. The predicted octanol–water partition coefficient (Wildman–Crippen LogP) is 4.23. The molecule has 0 saturated carbocycles. The Morgan fingerprint density at radius 1 is 1.18 bits per heavy atom. The highest BCUT2D eigenvalue weighted by molar-refractivity contribution is 6.15. The van der Waals surface area contributed by atoms with Crippen LogP contribution in [0.25, 0.3) is 22.2 Å². The van der Waals surface area contributed by atoms with Crippen LogP contribution in [-0.2, 0) is 0 Å². The predicted molar refractivity (Wildman–Crippen MR) is 87.2 cm³/mol. The second-order valence-electron chi connectivity index (χ2n) is 5.09. The van der Waals surface area contributed by atoms with Gasteiger partial charge in [0.05, 0.1) is 5.69 Å². The molecule has 0 spiro atoms. The molecular weight excluding hydrogens is 279 g/mol. The number of carbonyl (C=O) groups excluding carboxylic acids is 1. The van der Waals surface area contributed by atoms with Crippen LogP contribution in [0.4, 0.5) is 4.39 Å². The second kappa shape index (κ2) is 5.56. The first-order valence-corrected chi connectivity index (χ1v) is 6.95. The largest absolute Gasteiger partial charge is 0.354 e. The summed E-state index contributed by atoms with van der Waals surface area (Å²) in [4.78, 5) is 19.3. The number of aromatic nitrogens is 1. The highest BCUT2D eigenvalue weighted by atomic mass is 19.1. The van der Waals surface area contributed by atoms with Crippen LogP contribution < -0.4 is 0 Å². The van der Waals surface area contributed by atoms with E-state index in [2.05, 4.69) is 9.98 Å². The number of nitrogens with one attached hydrogen (secondary N) is 1. The standard InChI is InChI=1S/C18H15FN2O/c1-11(22)14-4-3-5-16-17(14)15(10-20-2)18(21-16)12-6-8-13(19)9-7-12/h3-10,21H,1-2H3. The van der Waals surface area contributed by atoms with E-state index < -0.39 is 0 Å². The number of hydrogen-bond donors (Lipinski definition) is 1. The SMILES string of the molecule is CN=Cc1c(-c2ccc(F)cc2)[nH]c2cccc(C(C)=O)c12. The van der Waals surface area contributed by atoms with Gasteiger partial charge < -0.3 is 4.98 Å². The molecule has 22 heavy (non-hydrogen) atoms. The average molecular weight is 294 g/mol. The van der Waals surface area contributed by atoms with Gasteiger partial charge in [-0.15, -0.1) is 0 Å². The van der Waals surface area contributed by atoms with Crippen molar-refractivity contribution >= 4 is 22.9 Å². The molecule has 0 fully saturated rings. The summed E-state index contributed by atoms with van der Waals surface area (Å²) in [6.45, 7) is 1.55. The van der Waals surface area contributed by atoms with E-state index in [1.807, 2.05) is 12.1 Å². The van der Waals surface area contributed by atoms with Crippen molar-refractivity contribution in [2.45, 2.75) is 6.92 Å². The molecule has 0 saturated heterocycles. The van der Waals surface area contributed by atoms with Crippen molar-refractivity contribution in [1.29, 1.82) is 0 Å². The van der Waals surface area contributed by atoms with Crippen LogP contribution in [0.1, 0.15) is 22.8 Å². The minimum Gasteiger partial charge on any atom is -0.354 e. The summed E-state index contributed by atoms with van der Waals surface area (Å²) < 4.78 is 13.1. The third-order valence-corrected chi connectivity index (χ3v) is 3.63. The average Bonchev–Trinajstić information content (AvgIpc) is 2.87. The molecule has 0 aliphatic heterocycles. The van der Waals surface area contributed by atoms with Crippen molar-refractivity contribution in [3.8, 4) is 11.3 Å². The Morgan fingerprint density at radius 2 is 1.91 bits per heavy atom. The maximum absolute atomic E-state index is 13.1. The molecule has 4 heteroatoms. The number of Topliss-reactive ketones (excluding diaryl/α,β-unsaturated/α-hetero) is 1. The van der Waals surface area contributed by atoms with Gasteiger partial charge in [-0.3, -0.25) is 9.79 Å². The lowest BCUT2D eigenvalue weighted by Gasteiger charge is -2.02. The number of aromatic amines is 1. The van der Waals surface area contributed by atoms with Gasteiger partial charge in [0.15, 0.2) is 5.78 Å². The molecule has 3 rings (SSSR count). The lowest BCUT2D eigenvalue weighted by molar-refractivity contribution is 0.101. The maximum atomic E-state index is 13.1. The minimum absolute atomic E-state index is 0.000934. The first-order valence-electron chi connectivity index (χ1n) is 6.95. The monoisotopic (exact) mass is 294 g/mol. The highest BCUT2D eigenvalue weighted by Gasteiger charge is 2.16. The summed E-state index contributed by atoms with van der Waals surface area (Å²) >= 11 is 0. The number of aliphatic imine (C=N–C) groups is 1. The van der Waals surface area contributed by atoms with Gasteiger partial charge in [-0.05, 0) is 42.8 Å². The minimum atomic E-state index is -0.282. The molecule has 2 aromatic carbocycles. The smallest absolute Gasteiger partial charge is 0.160 e. The number of halogens is 1. The van der Waals surface area contributed by atoms with E-state index in [-0.39, 0.29) is 11.6 Å². The molecule has 110 valence electrons. The number of rotatable bonds is 3. The number of H-pyrrole nitrogens is 1. The van der Waals surface area contributed by atoms with Crippen LogP contribution in [0.15, 0.2) is 47.5 Å². The molecule has 3 aromatic rings. The molecule has 0 unspecified atom stereocenters. The molecule has 1 heterocycles. The number of carbonyl (C=O) groups is 1. The second-order valence-corrected chi connectivity index (χ2v) is 5.09. The third kappa shape index (κ3) is 2.33. The molecule has 1 N–H and O–H groups in total. The van der Waals surface area contributed by atoms with E-state index in [1.54, 1.807) is 38.4 Å². The summed E-state index contributed by atoms with van der Waals surface area (Å²) in [5.74, 6) is -0.281. The Balaban J connectivity index is 2.36. The number of ketones is 1. The number of benzene rings is 2. The van der Waals surface area contributed by atoms with Crippen LogP contribution >= 0.6 is 0 Å². The first-order chi connectivity index (χ1) is 10.6. The topological polar surface area (TPSA) is 45.2 Å². The van der Waals surface area contributed by atoms with Crippen molar-refractivity contribution in [3.05, 3.63) is 59.4 Å². The van der Waals surface area contributed by atoms with Gasteiger partial charge in [0.25, 0.3) is 0 Å². The van der Waals surface area contributed by atoms with Gasteiger partial charge in [-0.25, -0.2) is 4.39 Å². The molecule has 3 nitrogen and oxygen atoms in total. The summed E-state index contributed by atoms with van der Waals surface area (Å²) in [6, 6.07) is 11.8. The Morgan fingerprint density at radius 3 is 2.55 bits per heavy atom. The summed E-state index contributed by atoms with van der Waals surface area (Å²) in [6.07, 6.45) is 1.73. The Kier molecular flexibility index (Phi) is 3.59. The Labute approximate surface area is 127 Å². The van der Waals surface area contributed by atoms with Crippen LogP contribution in [0.3, 0.4) is 0 Å². The van der Waals surface area contributed by atoms with Crippen molar-refractivity contribution in [3.63, 3.8) is 0 Å². The highest BCUT2D eigenvalue weighted by Crippen LogP contribution is 2.31. The molecule has 0 aliphatic carbocycles. The quantitative estimate of drug-likeness (QED) is 0.570. The maximum Gasteiger partial charge on any atom is 0.160 e. The van der Waals surface area contributed by atoms with Gasteiger partial charge in [0.1, 0.15) is 5.82 Å². The van der Waals surface area contributed by atoms with E-state index in [0.29, 0.717) is 5.56 Å². The van der Waals surface area contributed by atoms with E-state index in [4.69, 9.17) is 0 Å². The van der Waals surface area contributed by atoms with Crippen LogP contribution in [-0.4, -0.2) is 24.0 Å². The lowest BCUT2D eigenvalue weighted by atomic mass is 10.0. The summed E-state index contributed by atoms with van der Waals surface area (Å²) in [5.41, 5.74) is 4.03. The number of nitrogens with zero attached hydrogens (tertiary/aromatic N) is 1.